The van der Waals surface area contributed by atoms with Gasteiger partial charge in [-0.25, -0.2) is 18.7 Å². The summed E-state index contributed by atoms with van der Waals surface area (Å²) >= 11 is 1.70. The van der Waals surface area contributed by atoms with E-state index >= 15 is 0 Å². The number of hydrogen-bond donors (Lipinski definition) is 1. The van der Waals surface area contributed by atoms with Gasteiger partial charge >= 0.3 is 0 Å². The molecule has 0 bridgehead atoms. The first-order valence-corrected chi connectivity index (χ1v) is 10.3. The monoisotopic (exact) mass is 408 g/mol. The molecule has 2 heterocycles. The topological polar surface area (TPSA) is 42.7 Å². The number of rotatable bonds is 4. The molecule has 2 aromatic heterocycles. The van der Waals surface area contributed by atoms with Crippen molar-refractivity contribution in [2.45, 2.75) is 25.8 Å². The lowest BCUT2D eigenvalue weighted by Gasteiger charge is -2.12. The number of nitrogens with zero attached hydrogens (tertiary/aromatic N) is 3. The van der Waals surface area contributed by atoms with E-state index in [2.05, 4.69) is 22.4 Å². The fraction of sp³-hybridized carbons (Fsp3) is 0.182. The molecule has 4 aromatic rings. The molecule has 2 aromatic carbocycles. The standard InChI is InChI=1S/C22H18F2N4S/c23-18-4-2-5-19(24)17(18)12-26-15-7-8-16-14(11-15)3-1-6-20-21(16)27-22(29-20)28-10-9-25-13-28/h2,4-5,7-11,13,26H,1,3,6,12H2. The molecule has 5 rings (SSSR count). The molecule has 1 aliphatic rings. The van der Waals surface area contributed by atoms with Crippen molar-refractivity contribution in [2.75, 3.05) is 5.32 Å². The molecule has 29 heavy (non-hydrogen) atoms. The first-order valence-electron chi connectivity index (χ1n) is 9.47. The lowest BCUT2D eigenvalue weighted by molar-refractivity contribution is 0.560. The second-order valence-corrected chi connectivity index (χ2v) is 8.08. The zero-order valence-electron chi connectivity index (χ0n) is 15.5. The molecule has 0 saturated heterocycles. The van der Waals surface area contributed by atoms with Crippen molar-refractivity contribution in [3.05, 3.63) is 82.8 Å². The minimum absolute atomic E-state index is 0.0502. The molecular weight excluding hydrogens is 390 g/mol. The van der Waals surface area contributed by atoms with Gasteiger partial charge in [0, 0.05) is 40.6 Å². The molecule has 1 aliphatic carbocycles. The molecule has 0 atom stereocenters. The summed E-state index contributed by atoms with van der Waals surface area (Å²) in [7, 11) is 0. The van der Waals surface area contributed by atoms with Gasteiger partial charge in [-0.3, -0.25) is 4.57 Å². The van der Waals surface area contributed by atoms with Crippen LogP contribution in [0.3, 0.4) is 0 Å². The van der Waals surface area contributed by atoms with Crippen molar-refractivity contribution >= 4 is 17.0 Å². The summed E-state index contributed by atoms with van der Waals surface area (Å²) in [5.41, 5.74) is 4.25. The number of anilines is 1. The van der Waals surface area contributed by atoms with Crippen LogP contribution in [-0.2, 0) is 19.4 Å². The summed E-state index contributed by atoms with van der Waals surface area (Å²) in [6.45, 7) is 0.101. The quantitative estimate of drug-likeness (QED) is 0.493. The van der Waals surface area contributed by atoms with Crippen LogP contribution in [0.2, 0.25) is 0 Å². The van der Waals surface area contributed by atoms with Gasteiger partial charge in [-0.05, 0) is 49.1 Å². The summed E-state index contributed by atoms with van der Waals surface area (Å²) in [5, 5.41) is 4.07. The Labute approximate surface area is 170 Å². The first-order chi connectivity index (χ1) is 14.2. The van der Waals surface area contributed by atoms with Crippen molar-refractivity contribution in [1.29, 1.82) is 0 Å². The number of nitrogens with one attached hydrogen (secondary N) is 1. The van der Waals surface area contributed by atoms with Gasteiger partial charge in [-0.2, -0.15) is 0 Å². The van der Waals surface area contributed by atoms with Crippen molar-refractivity contribution in [3.63, 3.8) is 0 Å². The average molecular weight is 408 g/mol. The molecule has 7 heteroatoms. The maximum absolute atomic E-state index is 13.9. The zero-order valence-corrected chi connectivity index (χ0v) is 16.3. The van der Waals surface area contributed by atoms with Crippen molar-refractivity contribution < 1.29 is 8.78 Å². The van der Waals surface area contributed by atoms with Gasteiger partial charge < -0.3 is 5.32 Å². The normalized spacial score (nSPS) is 12.9. The Morgan fingerprint density at radius 2 is 1.97 bits per heavy atom. The summed E-state index contributed by atoms with van der Waals surface area (Å²) in [5.74, 6) is -1.07. The minimum Gasteiger partial charge on any atom is -0.381 e. The van der Waals surface area contributed by atoms with Gasteiger partial charge in [-0.15, -0.1) is 11.3 Å². The smallest absolute Gasteiger partial charge is 0.195 e. The van der Waals surface area contributed by atoms with E-state index in [1.54, 1.807) is 23.9 Å². The molecule has 0 fully saturated rings. The van der Waals surface area contributed by atoms with Gasteiger partial charge in [0.1, 0.15) is 18.0 Å². The number of hydrogen-bond acceptors (Lipinski definition) is 4. The minimum atomic E-state index is -0.536. The van der Waals surface area contributed by atoms with Crippen LogP contribution < -0.4 is 5.32 Å². The predicted octanol–water partition coefficient (Wildman–Crippen LogP) is 5.37. The number of aromatic nitrogens is 3. The van der Waals surface area contributed by atoms with E-state index < -0.39 is 11.6 Å². The van der Waals surface area contributed by atoms with Crippen LogP contribution in [0.4, 0.5) is 14.5 Å². The van der Waals surface area contributed by atoms with Gasteiger partial charge in [0.15, 0.2) is 5.13 Å². The number of fused-ring (bicyclic) bond motifs is 3. The fourth-order valence-electron chi connectivity index (χ4n) is 3.67. The summed E-state index contributed by atoms with van der Waals surface area (Å²) in [6.07, 6.45) is 8.37. The molecule has 0 saturated carbocycles. The van der Waals surface area contributed by atoms with Crippen LogP contribution in [0, 0.1) is 11.6 Å². The third-order valence-corrected chi connectivity index (χ3v) is 6.28. The molecule has 146 valence electrons. The van der Waals surface area contributed by atoms with E-state index in [0.717, 1.165) is 41.3 Å². The van der Waals surface area contributed by atoms with E-state index in [4.69, 9.17) is 4.98 Å². The van der Waals surface area contributed by atoms with Gasteiger partial charge in [0.25, 0.3) is 0 Å². The molecule has 0 aliphatic heterocycles. The van der Waals surface area contributed by atoms with E-state index in [1.807, 2.05) is 16.8 Å². The Morgan fingerprint density at radius 1 is 1.10 bits per heavy atom. The van der Waals surface area contributed by atoms with Crippen molar-refractivity contribution in [2.24, 2.45) is 0 Å². The van der Waals surface area contributed by atoms with Crippen LogP contribution >= 0.6 is 11.3 Å². The highest BCUT2D eigenvalue weighted by Crippen LogP contribution is 2.37. The Morgan fingerprint density at radius 3 is 2.76 bits per heavy atom. The number of imidazole rings is 1. The van der Waals surface area contributed by atoms with E-state index in [-0.39, 0.29) is 12.1 Å². The molecule has 1 N–H and O–H groups in total. The molecule has 0 radical (unpaired) electrons. The maximum atomic E-state index is 13.9. The Balaban J connectivity index is 1.44. The number of thiazole rings is 1. The zero-order chi connectivity index (χ0) is 19.8. The second kappa shape index (κ2) is 7.40. The fourth-order valence-corrected chi connectivity index (χ4v) is 4.74. The predicted molar refractivity (Wildman–Crippen MR) is 110 cm³/mol. The molecule has 4 nitrogen and oxygen atoms in total. The number of benzene rings is 2. The third kappa shape index (κ3) is 3.42. The summed E-state index contributed by atoms with van der Waals surface area (Å²) in [4.78, 5) is 10.2. The first kappa shape index (κ1) is 18.0. The highest BCUT2D eigenvalue weighted by atomic mass is 32.1. The van der Waals surface area contributed by atoms with Crippen molar-refractivity contribution in [1.82, 2.24) is 14.5 Å². The lowest BCUT2D eigenvalue weighted by Crippen LogP contribution is -2.05. The van der Waals surface area contributed by atoms with Crippen LogP contribution in [0.25, 0.3) is 16.4 Å². The second-order valence-electron chi connectivity index (χ2n) is 7.02. The highest BCUT2D eigenvalue weighted by Gasteiger charge is 2.20. The Bertz CT molecular complexity index is 1150. The molecule has 0 unspecified atom stereocenters. The summed E-state index contributed by atoms with van der Waals surface area (Å²) < 4.78 is 29.7. The molecule has 0 spiro atoms. The average Bonchev–Trinajstić information content (AvgIpc) is 3.35. The Hall–Kier alpha value is -3.06. The van der Waals surface area contributed by atoms with Gasteiger partial charge in [0.2, 0.25) is 0 Å². The SMILES string of the molecule is Fc1cccc(F)c1CNc1ccc2c(c1)CCCc1sc(-n3ccnc3)nc1-2. The Kier molecular flexibility index (Phi) is 4.60. The highest BCUT2D eigenvalue weighted by molar-refractivity contribution is 7.14. The van der Waals surface area contributed by atoms with Crippen molar-refractivity contribution in [3.8, 4) is 16.4 Å². The third-order valence-electron chi connectivity index (χ3n) is 5.15. The summed E-state index contributed by atoms with van der Waals surface area (Å²) in [6, 6.07) is 10.00. The molecular formula is C22H18F2N4S. The van der Waals surface area contributed by atoms with Crippen LogP contribution in [0.1, 0.15) is 22.4 Å². The van der Waals surface area contributed by atoms with Crippen LogP contribution in [0.15, 0.2) is 55.1 Å². The molecule has 0 amide bonds. The van der Waals surface area contributed by atoms with Gasteiger partial charge in [-0.1, -0.05) is 12.1 Å². The van der Waals surface area contributed by atoms with Gasteiger partial charge in [0.05, 0.1) is 5.69 Å². The van der Waals surface area contributed by atoms with E-state index in [0.29, 0.717) is 0 Å². The van der Waals surface area contributed by atoms with E-state index in [1.165, 1.54) is 28.6 Å². The number of halogens is 2. The van der Waals surface area contributed by atoms with Crippen LogP contribution in [0.5, 0.6) is 0 Å². The number of aryl methyl sites for hydroxylation is 2. The van der Waals surface area contributed by atoms with E-state index in [9.17, 15) is 8.78 Å². The maximum Gasteiger partial charge on any atom is 0.195 e. The van der Waals surface area contributed by atoms with Crippen LogP contribution in [-0.4, -0.2) is 14.5 Å². The lowest BCUT2D eigenvalue weighted by atomic mass is 10.0. The largest absolute Gasteiger partial charge is 0.381 e.